The average Bonchev–Trinajstić information content (AvgIpc) is 2.78. The molecule has 0 saturated carbocycles. The molecule has 0 aliphatic rings. The zero-order valence-electron chi connectivity index (χ0n) is 10.7. The van der Waals surface area contributed by atoms with Crippen LogP contribution in [0.2, 0.25) is 0 Å². The molecule has 0 saturated heterocycles. The second-order valence-corrected chi connectivity index (χ2v) is 4.42. The van der Waals surface area contributed by atoms with E-state index in [0.29, 0.717) is 0 Å². The fourth-order valence-corrected chi connectivity index (χ4v) is 2.13. The molecule has 0 fully saturated rings. The van der Waals surface area contributed by atoms with E-state index in [9.17, 15) is 4.39 Å². The van der Waals surface area contributed by atoms with E-state index in [2.05, 4.69) is 10.4 Å². The Hall–Kier alpha value is -1.68. The van der Waals surface area contributed by atoms with Gasteiger partial charge in [-0.1, -0.05) is 18.2 Å². The Morgan fingerprint density at radius 1 is 1.39 bits per heavy atom. The van der Waals surface area contributed by atoms with Crippen LogP contribution >= 0.6 is 0 Å². The van der Waals surface area contributed by atoms with Gasteiger partial charge in [0.15, 0.2) is 0 Å². The van der Waals surface area contributed by atoms with Gasteiger partial charge in [-0.15, -0.1) is 0 Å². The van der Waals surface area contributed by atoms with E-state index in [0.717, 1.165) is 18.4 Å². The van der Waals surface area contributed by atoms with E-state index in [1.807, 2.05) is 38.6 Å². The van der Waals surface area contributed by atoms with Crippen LogP contribution in [0.15, 0.2) is 36.7 Å². The topological polar surface area (TPSA) is 29.9 Å². The summed E-state index contributed by atoms with van der Waals surface area (Å²) in [5.41, 5.74) is 1.90. The number of benzene rings is 1. The maximum Gasteiger partial charge on any atom is 0.127 e. The molecule has 4 heteroatoms. The second-order valence-electron chi connectivity index (χ2n) is 4.42. The lowest BCUT2D eigenvalue weighted by Gasteiger charge is -2.16. The first-order valence-electron chi connectivity index (χ1n) is 6.10. The Bertz CT molecular complexity index is 507. The van der Waals surface area contributed by atoms with E-state index in [4.69, 9.17) is 0 Å². The van der Waals surface area contributed by atoms with Crippen LogP contribution < -0.4 is 5.32 Å². The molecule has 0 radical (unpaired) electrons. The number of aromatic nitrogens is 2. The highest BCUT2D eigenvalue weighted by atomic mass is 19.1. The Balaban J connectivity index is 2.04. The predicted octanol–water partition coefficient (Wildman–Crippen LogP) is 2.45. The standard InChI is InChI=1S/C14H18FN3/c1-16-14(12-5-3-4-6-13(12)15)8-7-11-9-17-18(2)10-11/h3-6,9-10,14,16H,7-8H2,1-2H3. The predicted molar refractivity (Wildman–Crippen MR) is 69.7 cm³/mol. The number of hydrogen-bond donors (Lipinski definition) is 1. The van der Waals surface area contributed by atoms with Gasteiger partial charge in [0.2, 0.25) is 0 Å². The number of nitrogens with one attached hydrogen (secondary N) is 1. The lowest BCUT2D eigenvalue weighted by atomic mass is 10.00. The van der Waals surface area contributed by atoms with Crippen LogP contribution in [-0.2, 0) is 13.5 Å². The van der Waals surface area contributed by atoms with E-state index >= 15 is 0 Å². The molecule has 0 amide bonds. The first-order valence-corrected chi connectivity index (χ1v) is 6.10. The van der Waals surface area contributed by atoms with Crippen molar-refractivity contribution in [1.82, 2.24) is 15.1 Å². The molecule has 0 bridgehead atoms. The minimum Gasteiger partial charge on any atom is -0.313 e. The highest BCUT2D eigenvalue weighted by Crippen LogP contribution is 2.21. The van der Waals surface area contributed by atoms with Crippen molar-refractivity contribution in [3.8, 4) is 0 Å². The smallest absolute Gasteiger partial charge is 0.127 e. The number of aryl methyl sites for hydroxylation is 2. The maximum atomic E-state index is 13.7. The second kappa shape index (κ2) is 5.78. The van der Waals surface area contributed by atoms with E-state index in [-0.39, 0.29) is 11.9 Å². The fourth-order valence-electron chi connectivity index (χ4n) is 2.13. The van der Waals surface area contributed by atoms with Crippen molar-refractivity contribution in [1.29, 1.82) is 0 Å². The lowest BCUT2D eigenvalue weighted by Crippen LogP contribution is -2.18. The summed E-state index contributed by atoms with van der Waals surface area (Å²) in [6, 6.07) is 6.95. The molecule has 1 aromatic heterocycles. The van der Waals surface area contributed by atoms with Gasteiger partial charge >= 0.3 is 0 Å². The quantitative estimate of drug-likeness (QED) is 0.879. The molecule has 0 aliphatic carbocycles. The minimum atomic E-state index is -0.150. The maximum absolute atomic E-state index is 13.7. The van der Waals surface area contributed by atoms with Gasteiger partial charge in [0.1, 0.15) is 5.82 Å². The van der Waals surface area contributed by atoms with E-state index in [1.54, 1.807) is 10.7 Å². The Morgan fingerprint density at radius 2 is 2.17 bits per heavy atom. The first kappa shape index (κ1) is 12.8. The summed E-state index contributed by atoms with van der Waals surface area (Å²) in [7, 11) is 3.76. The van der Waals surface area contributed by atoms with Crippen LogP contribution in [0.3, 0.4) is 0 Å². The van der Waals surface area contributed by atoms with Crippen LogP contribution in [0.25, 0.3) is 0 Å². The number of rotatable bonds is 5. The van der Waals surface area contributed by atoms with Crippen LogP contribution in [0.4, 0.5) is 4.39 Å². The summed E-state index contributed by atoms with van der Waals surface area (Å²) >= 11 is 0. The molecule has 0 spiro atoms. The Labute approximate surface area is 107 Å². The molecule has 1 heterocycles. The third-order valence-corrected chi connectivity index (χ3v) is 3.11. The number of nitrogens with zero attached hydrogens (tertiary/aromatic N) is 2. The van der Waals surface area contributed by atoms with Gasteiger partial charge in [0, 0.05) is 24.8 Å². The molecule has 96 valence electrons. The van der Waals surface area contributed by atoms with Crippen LogP contribution in [-0.4, -0.2) is 16.8 Å². The molecule has 1 N–H and O–H groups in total. The molecule has 1 unspecified atom stereocenters. The van der Waals surface area contributed by atoms with Gasteiger partial charge < -0.3 is 5.32 Å². The van der Waals surface area contributed by atoms with Gasteiger partial charge in [-0.3, -0.25) is 4.68 Å². The van der Waals surface area contributed by atoms with Gasteiger partial charge in [0.05, 0.1) is 6.20 Å². The van der Waals surface area contributed by atoms with Crippen LogP contribution in [0, 0.1) is 5.82 Å². The molecule has 2 aromatic rings. The normalized spacial score (nSPS) is 12.6. The van der Waals surface area contributed by atoms with Gasteiger partial charge in [0.25, 0.3) is 0 Å². The number of hydrogen-bond acceptors (Lipinski definition) is 2. The fraction of sp³-hybridized carbons (Fsp3) is 0.357. The molecular weight excluding hydrogens is 229 g/mol. The summed E-state index contributed by atoms with van der Waals surface area (Å²) in [6.45, 7) is 0. The zero-order valence-corrected chi connectivity index (χ0v) is 10.7. The van der Waals surface area contributed by atoms with Crippen molar-refractivity contribution in [2.75, 3.05) is 7.05 Å². The molecular formula is C14H18FN3. The van der Waals surface area contributed by atoms with Crippen molar-refractivity contribution in [3.63, 3.8) is 0 Å². The molecule has 0 aliphatic heterocycles. The van der Waals surface area contributed by atoms with Crippen molar-refractivity contribution in [2.45, 2.75) is 18.9 Å². The van der Waals surface area contributed by atoms with Crippen molar-refractivity contribution in [3.05, 3.63) is 53.6 Å². The van der Waals surface area contributed by atoms with Crippen molar-refractivity contribution >= 4 is 0 Å². The van der Waals surface area contributed by atoms with Gasteiger partial charge in [-0.25, -0.2) is 4.39 Å². The third-order valence-electron chi connectivity index (χ3n) is 3.11. The number of halogens is 1. The summed E-state index contributed by atoms with van der Waals surface area (Å²) in [5.74, 6) is -0.150. The van der Waals surface area contributed by atoms with Crippen LogP contribution in [0.5, 0.6) is 0 Å². The molecule has 1 atom stereocenters. The summed E-state index contributed by atoms with van der Waals surface area (Å²) in [6.07, 6.45) is 5.58. The first-order chi connectivity index (χ1) is 8.70. The van der Waals surface area contributed by atoms with Crippen LogP contribution in [0.1, 0.15) is 23.6 Å². The lowest BCUT2D eigenvalue weighted by molar-refractivity contribution is 0.509. The van der Waals surface area contributed by atoms with E-state index < -0.39 is 0 Å². The molecule has 18 heavy (non-hydrogen) atoms. The molecule has 3 nitrogen and oxygen atoms in total. The molecule has 1 aromatic carbocycles. The van der Waals surface area contributed by atoms with Crippen molar-refractivity contribution < 1.29 is 4.39 Å². The molecule has 2 rings (SSSR count). The minimum absolute atomic E-state index is 0.0337. The van der Waals surface area contributed by atoms with Gasteiger partial charge in [-0.2, -0.15) is 5.10 Å². The summed E-state index contributed by atoms with van der Waals surface area (Å²) in [4.78, 5) is 0. The Morgan fingerprint density at radius 3 is 2.78 bits per heavy atom. The highest BCUT2D eigenvalue weighted by molar-refractivity contribution is 5.21. The Kier molecular flexibility index (Phi) is 4.10. The summed E-state index contributed by atoms with van der Waals surface area (Å²) < 4.78 is 15.5. The van der Waals surface area contributed by atoms with Crippen molar-refractivity contribution in [2.24, 2.45) is 7.05 Å². The third kappa shape index (κ3) is 2.96. The summed E-state index contributed by atoms with van der Waals surface area (Å²) in [5, 5.41) is 7.30. The SMILES string of the molecule is CNC(CCc1cnn(C)c1)c1ccccc1F. The monoisotopic (exact) mass is 247 g/mol. The largest absolute Gasteiger partial charge is 0.313 e. The van der Waals surface area contributed by atoms with Gasteiger partial charge in [-0.05, 0) is 31.5 Å². The average molecular weight is 247 g/mol. The van der Waals surface area contributed by atoms with E-state index in [1.165, 1.54) is 11.6 Å². The zero-order chi connectivity index (χ0) is 13.0. The highest BCUT2D eigenvalue weighted by Gasteiger charge is 2.13.